The molecule has 2 aromatic carbocycles. The summed E-state index contributed by atoms with van der Waals surface area (Å²) < 4.78 is 10.3. The van der Waals surface area contributed by atoms with E-state index in [9.17, 15) is 4.79 Å². The zero-order chi connectivity index (χ0) is 20.3. The number of nitrogens with zero attached hydrogens (tertiary/aromatic N) is 4. The second-order valence-corrected chi connectivity index (χ2v) is 8.69. The summed E-state index contributed by atoms with van der Waals surface area (Å²) in [6.45, 7) is 2.38. The Hall–Kier alpha value is -2.93. The molecule has 0 N–H and O–H groups in total. The van der Waals surface area contributed by atoms with Gasteiger partial charge < -0.3 is 9.64 Å². The Balaban J connectivity index is 1.31. The highest BCUT2D eigenvalue weighted by molar-refractivity contribution is 5.90. The summed E-state index contributed by atoms with van der Waals surface area (Å²) in [5, 5.41) is 8.16. The molecule has 1 aromatic heterocycles. The SMILES string of the molecule is COc1cccc(CN2C[C@@H]3C[C@@H](c4cccc5nonc45)N4CCC[C@@]34C2=O)c1. The molecule has 3 aliphatic heterocycles. The van der Waals surface area contributed by atoms with E-state index in [1.807, 2.05) is 35.2 Å². The monoisotopic (exact) mass is 404 g/mol. The number of aromatic nitrogens is 2. The Morgan fingerprint density at radius 2 is 2.13 bits per heavy atom. The number of carbonyl (C=O) groups excluding carboxylic acids is 1. The predicted molar refractivity (Wildman–Crippen MR) is 110 cm³/mol. The van der Waals surface area contributed by atoms with Gasteiger partial charge in [-0.05, 0) is 59.9 Å². The first-order valence-electron chi connectivity index (χ1n) is 10.6. The lowest BCUT2D eigenvalue weighted by Gasteiger charge is -2.33. The van der Waals surface area contributed by atoms with Crippen LogP contribution in [0.1, 0.15) is 36.4 Å². The van der Waals surface area contributed by atoms with Gasteiger partial charge in [0.25, 0.3) is 0 Å². The second-order valence-electron chi connectivity index (χ2n) is 8.69. The lowest BCUT2D eigenvalue weighted by atomic mass is 9.85. The molecule has 7 nitrogen and oxygen atoms in total. The van der Waals surface area contributed by atoms with E-state index in [1.54, 1.807) is 7.11 Å². The first-order chi connectivity index (χ1) is 14.7. The topological polar surface area (TPSA) is 71.7 Å². The largest absolute Gasteiger partial charge is 0.497 e. The molecule has 3 aromatic rings. The molecule has 0 unspecified atom stereocenters. The normalized spacial score (nSPS) is 28.3. The number of likely N-dealkylation sites (tertiary alicyclic amines) is 1. The lowest BCUT2D eigenvalue weighted by molar-refractivity contribution is -0.137. The van der Waals surface area contributed by atoms with Gasteiger partial charge in [0.05, 0.1) is 7.11 Å². The molecule has 154 valence electrons. The zero-order valence-corrected chi connectivity index (χ0v) is 17.0. The van der Waals surface area contributed by atoms with E-state index < -0.39 is 0 Å². The third-order valence-electron chi connectivity index (χ3n) is 7.31. The van der Waals surface area contributed by atoms with E-state index in [-0.39, 0.29) is 17.5 Å². The molecular weight excluding hydrogens is 380 g/mol. The molecule has 0 saturated carbocycles. The molecular formula is C23H24N4O3. The van der Waals surface area contributed by atoms with Crippen LogP contribution in [-0.2, 0) is 11.3 Å². The smallest absolute Gasteiger partial charge is 0.243 e. The number of carbonyl (C=O) groups is 1. The standard InChI is InChI=1S/C23H24N4O3/c1-29-17-6-2-5-15(11-17)13-26-14-16-12-20(27-10-4-9-23(16,27)22(26)28)18-7-3-8-19-21(18)25-30-24-19/h2-3,5-8,11,16,20H,4,9-10,12-14H2,1H3/t16-,20-,23-/m0/s1. The van der Waals surface area contributed by atoms with Crippen molar-refractivity contribution in [3.05, 3.63) is 53.6 Å². The fourth-order valence-corrected chi connectivity index (χ4v) is 6.10. The number of rotatable bonds is 4. The summed E-state index contributed by atoms with van der Waals surface area (Å²) in [6.07, 6.45) is 2.96. The highest BCUT2D eigenvalue weighted by atomic mass is 16.6. The molecule has 0 radical (unpaired) electrons. The third-order valence-corrected chi connectivity index (χ3v) is 7.31. The van der Waals surface area contributed by atoms with Crippen LogP contribution in [0.4, 0.5) is 0 Å². The van der Waals surface area contributed by atoms with Gasteiger partial charge in [-0.1, -0.05) is 24.3 Å². The van der Waals surface area contributed by atoms with Gasteiger partial charge in [0, 0.05) is 30.6 Å². The van der Waals surface area contributed by atoms with E-state index >= 15 is 0 Å². The van der Waals surface area contributed by atoms with Crippen LogP contribution in [0.3, 0.4) is 0 Å². The average Bonchev–Trinajstić information content (AvgIpc) is 3.51. The Morgan fingerprint density at radius 3 is 3.03 bits per heavy atom. The van der Waals surface area contributed by atoms with Gasteiger partial charge in [-0.3, -0.25) is 9.69 Å². The van der Waals surface area contributed by atoms with Crippen LogP contribution < -0.4 is 4.74 Å². The number of fused-ring (bicyclic) bond motifs is 1. The summed E-state index contributed by atoms with van der Waals surface area (Å²) in [4.78, 5) is 18.2. The molecule has 3 saturated heterocycles. The molecule has 1 spiro atoms. The quantitative estimate of drug-likeness (QED) is 0.665. The van der Waals surface area contributed by atoms with Gasteiger partial charge in [-0.25, -0.2) is 4.63 Å². The zero-order valence-electron chi connectivity index (χ0n) is 17.0. The molecule has 6 rings (SSSR count). The molecule has 3 aliphatic rings. The van der Waals surface area contributed by atoms with Crippen LogP contribution in [0.5, 0.6) is 5.75 Å². The first-order valence-corrected chi connectivity index (χ1v) is 10.6. The summed E-state index contributed by atoms with van der Waals surface area (Å²) in [6, 6.07) is 14.2. The van der Waals surface area contributed by atoms with Gasteiger partial charge in [-0.15, -0.1) is 0 Å². The number of hydrogen-bond donors (Lipinski definition) is 0. The molecule has 7 heteroatoms. The van der Waals surface area contributed by atoms with E-state index in [0.717, 1.165) is 60.3 Å². The number of amides is 1. The van der Waals surface area contributed by atoms with Crippen LogP contribution >= 0.6 is 0 Å². The fraction of sp³-hybridized carbons (Fsp3) is 0.435. The van der Waals surface area contributed by atoms with Crippen molar-refractivity contribution in [2.75, 3.05) is 20.2 Å². The maximum absolute atomic E-state index is 13.7. The van der Waals surface area contributed by atoms with Crippen molar-refractivity contribution in [2.45, 2.75) is 37.4 Å². The maximum Gasteiger partial charge on any atom is 0.243 e. The minimum Gasteiger partial charge on any atom is -0.497 e. The summed E-state index contributed by atoms with van der Waals surface area (Å²) in [7, 11) is 1.67. The number of ether oxygens (including phenoxy) is 1. The van der Waals surface area contributed by atoms with Crippen molar-refractivity contribution in [1.29, 1.82) is 0 Å². The van der Waals surface area contributed by atoms with Gasteiger partial charge in [0.1, 0.15) is 22.3 Å². The summed E-state index contributed by atoms with van der Waals surface area (Å²) >= 11 is 0. The van der Waals surface area contributed by atoms with E-state index in [1.165, 1.54) is 0 Å². The van der Waals surface area contributed by atoms with Crippen LogP contribution in [0, 0.1) is 5.92 Å². The summed E-state index contributed by atoms with van der Waals surface area (Å²) in [5.41, 5.74) is 3.48. The molecule has 3 fully saturated rings. The number of benzene rings is 2. The number of hydrogen-bond acceptors (Lipinski definition) is 6. The Bertz CT molecular complexity index is 1130. The Morgan fingerprint density at radius 1 is 1.23 bits per heavy atom. The van der Waals surface area contributed by atoms with Gasteiger partial charge in [0.15, 0.2) is 0 Å². The molecule has 0 bridgehead atoms. The predicted octanol–water partition coefficient (Wildman–Crippen LogP) is 3.17. The summed E-state index contributed by atoms with van der Waals surface area (Å²) in [5.74, 6) is 1.44. The van der Waals surface area contributed by atoms with Crippen LogP contribution in [0.2, 0.25) is 0 Å². The molecule has 1 amide bonds. The van der Waals surface area contributed by atoms with Gasteiger partial charge in [-0.2, -0.15) is 0 Å². The van der Waals surface area contributed by atoms with Crippen molar-refractivity contribution >= 4 is 16.9 Å². The van der Waals surface area contributed by atoms with E-state index in [4.69, 9.17) is 9.37 Å². The van der Waals surface area contributed by atoms with Crippen molar-refractivity contribution in [3.8, 4) is 5.75 Å². The minimum atomic E-state index is -0.372. The highest BCUT2D eigenvalue weighted by Gasteiger charge is 2.65. The molecule has 3 atom stereocenters. The van der Waals surface area contributed by atoms with Crippen molar-refractivity contribution in [1.82, 2.24) is 20.1 Å². The molecule has 4 heterocycles. The molecule has 0 aliphatic carbocycles. The third kappa shape index (κ3) is 2.38. The van der Waals surface area contributed by atoms with Crippen LogP contribution in [0.25, 0.3) is 11.0 Å². The van der Waals surface area contributed by atoms with Crippen molar-refractivity contribution < 1.29 is 14.2 Å². The first kappa shape index (κ1) is 17.9. The van der Waals surface area contributed by atoms with E-state index in [0.29, 0.717) is 12.5 Å². The highest BCUT2D eigenvalue weighted by Crippen LogP contribution is 2.56. The molecule has 30 heavy (non-hydrogen) atoms. The van der Waals surface area contributed by atoms with Crippen LogP contribution in [0.15, 0.2) is 47.1 Å². The van der Waals surface area contributed by atoms with Crippen molar-refractivity contribution in [3.63, 3.8) is 0 Å². The second kappa shape index (κ2) is 6.54. The van der Waals surface area contributed by atoms with Gasteiger partial charge >= 0.3 is 0 Å². The van der Waals surface area contributed by atoms with E-state index in [2.05, 4.69) is 27.3 Å². The van der Waals surface area contributed by atoms with Gasteiger partial charge in [0.2, 0.25) is 5.91 Å². The maximum atomic E-state index is 13.7. The van der Waals surface area contributed by atoms with Crippen molar-refractivity contribution in [2.24, 2.45) is 5.92 Å². The number of methoxy groups -OCH3 is 1. The Labute approximate surface area is 174 Å². The Kier molecular flexibility index (Phi) is 3.90. The lowest BCUT2D eigenvalue weighted by Crippen LogP contribution is -2.49. The average molecular weight is 404 g/mol. The minimum absolute atomic E-state index is 0.191. The van der Waals surface area contributed by atoms with Crippen LogP contribution in [-0.4, -0.2) is 51.8 Å². The fourth-order valence-electron chi connectivity index (χ4n) is 6.10.